The predicted octanol–water partition coefficient (Wildman–Crippen LogP) is 5.67. The van der Waals surface area contributed by atoms with Crippen molar-refractivity contribution in [1.29, 1.82) is 0 Å². The van der Waals surface area contributed by atoms with E-state index in [1.54, 1.807) is 0 Å². The lowest BCUT2D eigenvalue weighted by atomic mass is 9.93. The minimum Gasteiger partial charge on any atom is -0.418 e. The summed E-state index contributed by atoms with van der Waals surface area (Å²) < 4.78 is 39.0. The van der Waals surface area contributed by atoms with Gasteiger partial charge in [-0.15, -0.1) is 0 Å². The van der Waals surface area contributed by atoms with Gasteiger partial charge < -0.3 is 17.3 Å². The molecule has 2 unspecified atom stereocenters. The smallest absolute Gasteiger partial charge is 0.418 e. The van der Waals surface area contributed by atoms with E-state index >= 15 is 0 Å². The van der Waals surface area contributed by atoms with Crippen LogP contribution >= 0.6 is 9.24 Å². The van der Waals surface area contributed by atoms with Crippen LogP contribution in [0.1, 0.15) is 65.2 Å². The van der Waals surface area contributed by atoms with Gasteiger partial charge in [0, 0.05) is 0 Å². The molecule has 0 saturated carbocycles. The van der Waals surface area contributed by atoms with E-state index in [-0.39, 0.29) is 0 Å². The quantitative estimate of drug-likeness (QED) is 0.222. The molecule has 0 fully saturated rings. The summed E-state index contributed by atoms with van der Waals surface area (Å²) in [7, 11) is -3.86. The number of rotatable bonds is 9. The fourth-order valence-corrected chi connectivity index (χ4v) is 2.47. The highest BCUT2D eigenvalue weighted by molar-refractivity contribution is 7.16. The van der Waals surface area contributed by atoms with Gasteiger partial charge in [0.2, 0.25) is 0 Å². The molecule has 0 aliphatic rings. The third-order valence-electron chi connectivity index (χ3n) is 2.79. The van der Waals surface area contributed by atoms with Crippen LogP contribution in [0.15, 0.2) is 0 Å². The van der Waals surface area contributed by atoms with E-state index in [4.69, 9.17) is 0 Å². The third kappa shape index (κ3) is 25.2. The Morgan fingerprint density at radius 2 is 1.28 bits per heavy atom. The van der Waals surface area contributed by atoms with E-state index < -0.39 is 7.25 Å². The van der Waals surface area contributed by atoms with Crippen LogP contribution < -0.4 is 0 Å². The molecule has 0 amide bonds. The summed E-state index contributed by atoms with van der Waals surface area (Å²) in [4.78, 5) is 0. The van der Waals surface area contributed by atoms with Crippen LogP contribution in [0.5, 0.6) is 0 Å². The predicted molar refractivity (Wildman–Crippen MR) is 77.9 cm³/mol. The zero-order valence-electron chi connectivity index (χ0n) is 11.7. The van der Waals surface area contributed by atoms with Gasteiger partial charge in [0.25, 0.3) is 0 Å². The summed E-state index contributed by atoms with van der Waals surface area (Å²) in [6.07, 6.45) is 12.9. The van der Waals surface area contributed by atoms with Gasteiger partial charge in [-0.1, -0.05) is 58.8 Å². The molecule has 0 aromatic rings. The van der Waals surface area contributed by atoms with Gasteiger partial charge >= 0.3 is 7.25 Å². The first kappa shape index (κ1) is 20.5. The molecular weight excluding hydrogens is 262 g/mol. The lowest BCUT2D eigenvalue weighted by Gasteiger charge is -2.13. The number of unbranched alkanes of at least 4 members (excludes halogenated alkanes) is 3. The molecule has 18 heavy (non-hydrogen) atoms. The molecule has 0 N–H and O–H groups in total. The zero-order valence-corrected chi connectivity index (χ0v) is 13.2. The summed E-state index contributed by atoms with van der Waals surface area (Å²) in [6.45, 7) is 4.60. The highest BCUT2D eigenvalue weighted by Gasteiger charge is 2.20. The number of hydrogen-bond donors (Lipinski definition) is 0. The first-order valence-corrected chi connectivity index (χ1v) is 8.01. The van der Waals surface area contributed by atoms with Gasteiger partial charge in [0.15, 0.2) is 0 Å². The molecule has 0 bridgehead atoms. The second kappa shape index (κ2) is 13.6. The standard InChI is InChI=1S/C12H27P.BF4/c1-3-5-7-9-12(10-11-13)8-6-4-2;2-1(3,4)5/h12H,3-11,13H2,1-2H3;/q;-1/p+1. The van der Waals surface area contributed by atoms with Gasteiger partial charge in [-0.05, 0) is 21.6 Å². The SMILES string of the molecule is CCCCCC(CC[PH3+])CCCC.F[B-](F)(F)F. The van der Waals surface area contributed by atoms with Crippen LogP contribution in [-0.4, -0.2) is 13.4 Å². The molecule has 0 spiro atoms. The monoisotopic (exact) mass is 290 g/mol. The Labute approximate surface area is 112 Å². The lowest BCUT2D eigenvalue weighted by molar-refractivity contribution is 0.368. The Hall–Kier alpha value is 0.215. The van der Waals surface area contributed by atoms with E-state index in [1.807, 2.05) is 0 Å². The molecule has 0 aromatic heterocycles. The summed E-state index contributed by atoms with van der Waals surface area (Å²) in [6, 6.07) is 0. The largest absolute Gasteiger partial charge is 0.673 e. The number of hydrogen-bond acceptors (Lipinski definition) is 0. The second-order valence-corrected chi connectivity index (χ2v) is 5.35. The van der Waals surface area contributed by atoms with Gasteiger partial charge in [-0.2, -0.15) is 0 Å². The van der Waals surface area contributed by atoms with Crippen LogP contribution in [0.4, 0.5) is 17.3 Å². The van der Waals surface area contributed by atoms with Crippen LogP contribution in [0.2, 0.25) is 0 Å². The molecule has 112 valence electrons. The van der Waals surface area contributed by atoms with Crippen molar-refractivity contribution in [3.8, 4) is 0 Å². The fraction of sp³-hybridized carbons (Fsp3) is 1.00. The minimum atomic E-state index is -6.00. The van der Waals surface area contributed by atoms with Crippen LogP contribution in [0, 0.1) is 5.92 Å². The molecule has 0 aliphatic carbocycles. The molecule has 0 heterocycles. The Bertz CT molecular complexity index is 159. The van der Waals surface area contributed by atoms with Crippen LogP contribution in [-0.2, 0) is 0 Å². The van der Waals surface area contributed by atoms with Crippen molar-refractivity contribution in [2.45, 2.75) is 65.2 Å². The first-order chi connectivity index (χ1) is 8.35. The van der Waals surface area contributed by atoms with Crippen molar-refractivity contribution in [3.05, 3.63) is 0 Å². The molecule has 6 heteroatoms. The summed E-state index contributed by atoms with van der Waals surface area (Å²) in [5, 5.41) is 0. The fourth-order valence-electron chi connectivity index (χ4n) is 1.90. The maximum atomic E-state index is 9.75. The second-order valence-electron chi connectivity index (χ2n) is 4.64. The maximum Gasteiger partial charge on any atom is 0.673 e. The van der Waals surface area contributed by atoms with E-state index in [1.165, 1.54) is 57.5 Å². The topological polar surface area (TPSA) is 0 Å². The molecule has 0 aromatic carbocycles. The highest BCUT2D eigenvalue weighted by atomic mass is 31.0. The van der Waals surface area contributed by atoms with Crippen LogP contribution in [0.3, 0.4) is 0 Å². The van der Waals surface area contributed by atoms with Gasteiger partial charge in [-0.25, -0.2) is 0 Å². The molecular formula is C12H28BF4P. The summed E-state index contributed by atoms with van der Waals surface area (Å²) >= 11 is 0. The zero-order chi connectivity index (χ0) is 14.4. The Kier molecular flexibility index (Phi) is 15.6. The average Bonchev–Trinajstić information content (AvgIpc) is 2.24. The van der Waals surface area contributed by atoms with Crippen molar-refractivity contribution < 1.29 is 17.3 Å². The maximum absolute atomic E-state index is 9.75. The van der Waals surface area contributed by atoms with Crippen molar-refractivity contribution in [2.75, 3.05) is 6.16 Å². The van der Waals surface area contributed by atoms with E-state index in [0.717, 1.165) is 5.92 Å². The van der Waals surface area contributed by atoms with E-state index in [9.17, 15) is 17.3 Å². The van der Waals surface area contributed by atoms with Crippen molar-refractivity contribution in [3.63, 3.8) is 0 Å². The van der Waals surface area contributed by atoms with E-state index in [2.05, 4.69) is 23.1 Å². The summed E-state index contributed by atoms with van der Waals surface area (Å²) in [5.74, 6) is 1.05. The number of halogens is 4. The van der Waals surface area contributed by atoms with Crippen molar-refractivity contribution in [2.24, 2.45) is 5.92 Å². The molecule has 2 atom stereocenters. The molecule has 0 aliphatic heterocycles. The summed E-state index contributed by atoms with van der Waals surface area (Å²) in [5.41, 5.74) is 0. The Morgan fingerprint density at radius 1 is 0.833 bits per heavy atom. The first-order valence-electron chi connectivity index (χ1n) is 7.01. The normalized spacial score (nSPS) is 13.0. The molecule has 0 radical (unpaired) electrons. The molecule has 0 saturated heterocycles. The highest BCUT2D eigenvalue weighted by Crippen LogP contribution is 2.20. The molecule has 0 rings (SSSR count). The third-order valence-corrected chi connectivity index (χ3v) is 3.20. The lowest BCUT2D eigenvalue weighted by Crippen LogP contribution is -2.02. The van der Waals surface area contributed by atoms with Crippen LogP contribution in [0.25, 0.3) is 0 Å². The van der Waals surface area contributed by atoms with E-state index in [0.29, 0.717) is 0 Å². The van der Waals surface area contributed by atoms with Gasteiger partial charge in [0.1, 0.15) is 0 Å². The minimum absolute atomic E-state index is 1.05. The Balaban J connectivity index is 0. The average molecular weight is 290 g/mol. The van der Waals surface area contributed by atoms with Crippen molar-refractivity contribution >= 4 is 16.5 Å². The van der Waals surface area contributed by atoms with Gasteiger partial charge in [-0.3, -0.25) is 0 Å². The Morgan fingerprint density at radius 3 is 1.67 bits per heavy atom. The molecule has 0 nitrogen and oxygen atoms in total. The van der Waals surface area contributed by atoms with Gasteiger partial charge in [0.05, 0.1) is 6.16 Å². The van der Waals surface area contributed by atoms with Crippen molar-refractivity contribution in [1.82, 2.24) is 0 Å².